The van der Waals surface area contributed by atoms with Gasteiger partial charge in [-0.15, -0.1) is 0 Å². The molecule has 3 aromatic carbocycles. The number of nitrogens with one attached hydrogen (secondary N) is 3. The predicted molar refractivity (Wildman–Crippen MR) is 288 cm³/mol. The second-order valence-corrected chi connectivity index (χ2v) is 23.7. The fourth-order valence-electron chi connectivity index (χ4n) is 11.9. The monoisotopic (exact) mass is 1030 g/mol. The van der Waals surface area contributed by atoms with Crippen molar-refractivity contribution in [1.82, 2.24) is 29.5 Å². The number of aromatic amines is 1. The van der Waals surface area contributed by atoms with Crippen LogP contribution in [0, 0.1) is 29.3 Å². The number of carbonyl (C=O) groups is 1. The molecule has 4 N–H and O–H groups in total. The van der Waals surface area contributed by atoms with Crippen LogP contribution < -0.4 is 24.7 Å². The predicted octanol–water partition coefficient (Wildman–Crippen LogP) is 10.0. The van der Waals surface area contributed by atoms with Crippen LogP contribution in [0.15, 0.2) is 102 Å². The molecule has 2 saturated carbocycles. The van der Waals surface area contributed by atoms with Gasteiger partial charge in [-0.05, 0) is 148 Å². The Morgan fingerprint density at radius 1 is 0.973 bits per heavy atom. The van der Waals surface area contributed by atoms with Crippen LogP contribution in [0.5, 0.6) is 11.5 Å². The molecule has 0 radical (unpaired) electrons. The van der Waals surface area contributed by atoms with Crippen molar-refractivity contribution in [2.45, 2.75) is 114 Å². The van der Waals surface area contributed by atoms with Crippen LogP contribution in [0.3, 0.4) is 0 Å². The van der Waals surface area contributed by atoms with E-state index in [-0.39, 0.29) is 50.9 Å². The van der Waals surface area contributed by atoms with Gasteiger partial charge in [0.25, 0.3) is 15.9 Å². The highest BCUT2D eigenvalue weighted by Crippen LogP contribution is 2.53. The van der Waals surface area contributed by atoms with Gasteiger partial charge in [0.2, 0.25) is 0 Å². The van der Waals surface area contributed by atoms with E-state index in [0.29, 0.717) is 59.9 Å². The lowest BCUT2D eigenvalue weighted by Crippen LogP contribution is -2.60. The molecule has 1 spiro atoms. The quantitative estimate of drug-likeness (QED) is 0.0714. The molecule has 74 heavy (non-hydrogen) atoms. The number of hydrogen-bond acceptors (Lipinski definition) is 13. The number of sulfonamides is 1. The molecular formula is C57H69FN9O6S-. The van der Waals surface area contributed by atoms with E-state index in [1.807, 2.05) is 25.1 Å². The van der Waals surface area contributed by atoms with Gasteiger partial charge in [0.1, 0.15) is 33.7 Å². The van der Waals surface area contributed by atoms with Gasteiger partial charge in [-0.1, -0.05) is 50.2 Å². The summed E-state index contributed by atoms with van der Waals surface area (Å²) in [6, 6.07) is 25.3. The van der Waals surface area contributed by atoms with Crippen LogP contribution in [0.25, 0.3) is 11.0 Å². The first-order chi connectivity index (χ1) is 35.4. The molecule has 2 saturated heterocycles. The Morgan fingerprint density at radius 3 is 2.49 bits per heavy atom. The van der Waals surface area contributed by atoms with E-state index in [2.05, 4.69) is 83.9 Å². The highest BCUT2D eigenvalue weighted by atomic mass is 32.2. The molecule has 392 valence electrons. The van der Waals surface area contributed by atoms with Crippen LogP contribution in [0.4, 0.5) is 21.6 Å². The second kappa shape index (κ2) is 20.9. The van der Waals surface area contributed by atoms with Crippen LogP contribution in [-0.2, 0) is 16.6 Å². The molecule has 4 aliphatic rings. The van der Waals surface area contributed by atoms with Gasteiger partial charge in [-0.25, -0.2) is 27.5 Å². The molecule has 2 aliphatic heterocycles. The van der Waals surface area contributed by atoms with Crippen LogP contribution in [-0.4, -0.2) is 102 Å². The fourth-order valence-corrected chi connectivity index (χ4v) is 12.8. The van der Waals surface area contributed by atoms with Gasteiger partial charge in [0.05, 0.1) is 23.0 Å². The zero-order valence-electron chi connectivity index (χ0n) is 43.1. The maximum absolute atomic E-state index is 14.6. The first-order valence-electron chi connectivity index (χ1n) is 26.2. The number of hydroxylamine groups is 1. The maximum atomic E-state index is 14.6. The fraction of sp³-hybridized carbons (Fsp3) is 0.456. The molecule has 2 aliphatic carbocycles. The first-order valence-corrected chi connectivity index (χ1v) is 27.7. The number of ether oxygens (including phenoxy) is 1. The number of halogens is 1. The van der Waals surface area contributed by atoms with E-state index in [9.17, 15) is 27.9 Å². The van der Waals surface area contributed by atoms with Gasteiger partial charge >= 0.3 is 0 Å². The molecule has 0 unspecified atom stereocenters. The standard InChI is InChI=1S/C57H69FN9O6S/c1-37(2)46-8-6-7-9-47(46)51-36-65(35-40-11-10-38(3)49(58)26-40)24-25-67(51)43-30-57(31-43)19-22-66(23-20-57)42-12-13-48(52(28-42)73-44-27-41-16-21-59-53(41)61-33-44)55(68)63-74(71,72)45-29-50(64(5)70)54(62-34-45)60-32-39-14-17-56(4,69)18-15-39/h6-13,16,21,26-29,33-34,37,39,43,51,69H,14-15,17-20,22-25,30-32,35-36H2,1-5H3,(H,59,61)(H,60,62)(H,63,68)/q-1/t39?,51-,56?/m0/s1. The third-order valence-electron chi connectivity index (χ3n) is 16.4. The molecule has 15 nitrogen and oxygen atoms in total. The van der Waals surface area contributed by atoms with Crippen molar-refractivity contribution in [2.75, 3.05) is 61.6 Å². The van der Waals surface area contributed by atoms with Gasteiger partial charge in [0, 0.05) is 87.4 Å². The number of aliphatic hydroxyl groups is 1. The number of H-pyrrole nitrogens is 1. The van der Waals surface area contributed by atoms with Gasteiger partial charge in [-0.3, -0.25) is 14.6 Å². The third-order valence-corrected chi connectivity index (χ3v) is 17.7. The smallest absolute Gasteiger partial charge is 0.268 e. The van der Waals surface area contributed by atoms with E-state index >= 15 is 0 Å². The number of piperazine rings is 1. The average molecular weight is 1030 g/mol. The zero-order valence-corrected chi connectivity index (χ0v) is 43.9. The lowest BCUT2D eigenvalue weighted by atomic mass is 9.59. The van der Waals surface area contributed by atoms with Crippen molar-refractivity contribution in [2.24, 2.45) is 11.3 Å². The number of rotatable bonds is 15. The molecule has 17 heteroatoms. The number of carbonyl (C=O) groups excluding carboxylic acids is 1. The molecule has 10 rings (SSSR count). The van der Waals surface area contributed by atoms with Crippen LogP contribution in [0.1, 0.15) is 117 Å². The number of amides is 1. The van der Waals surface area contributed by atoms with Gasteiger partial charge in [-0.2, -0.15) is 0 Å². The van der Waals surface area contributed by atoms with Crippen molar-refractivity contribution in [3.05, 3.63) is 136 Å². The van der Waals surface area contributed by atoms with E-state index in [0.717, 1.165) is 94.1 Å². The zero-order chi connectivity index (χ0) is 51.9. The Labute approximate surface area is 434 Å². The highest BCUT2D eigenvalue weighted by Gasteiger charge is 2.50. The van der Waals surface area contributed by atoms with Gasteiger partial charge in [0.15, 0.2) is 0 Å². The van der Waals surface area contributed by atoms with E-state index in [1.165, 1.54) is 24.2 Å². The largest absolute Gasteiger partial charge is 0.758 e. The van der Waals surface area contributed by atoms with Crippen molar-refractivity contribution >= 4 is 44.2 Å². The summed E-state index contributed by atoms with van der Waals surface area (Å²) in [7, 11) is -3.26. The van der Waals surface area contributed by atoms with E-state index in [1.54, 1.807) is 43.6 Å². The van der Waals surface area contributed by atoms with Gasteiger partial charge < -0.3 is 35.3 Å². The molecular weight excluding hydrogens is 958 g/mol. The molecule has 4 fully saturated rings. The number of benzene rings is 3. The van der Waals surface area contributed by atoms with Crippen molar-refractivity contribution < 1.29 is 27.4 Å². The number of aryl methyl sites for hydroxylation is 1. The van der Waals surface area contributed by atoms with Crippen LogP contribution in [0.2, 0.25) is 0 Å². The lowest BCUT2D eigenvalue weighted by Gasteiger charge is -2.58. The maximum Gasteiger partial charge on any atom is 0.268 e. The van der Waals surface area contributed by atoms with Crippen molar-refractivity contribution in [1.29, 1.82) is 0 Å². The molecule has 5 heterocycles. The summed E-state index contributed by atoms with van der Waals surface area (Å²) < 4.78 is 51.1. The molecule has 3 aromatic heterocycles. The number of aromatic nitrogens is 3. The summed E-state index contributed by atoms with van der Waals surface area (Å²) in [5, 5.41) is 27.7. The van der Waals surface area contributed by atoms with E-state index in [4.69, 9.17) is 4.74 Å². The first kappa shape index (κ1) is 51.4. The topological polar surface area (TPSA) is 182 Å². The number of fused-ring (bicyclic) bond motifs is 1. The Morgan fingerprint density at radius 2 is 1.74 bits per heavy atom. The highest BCUT2D eigenvalue weighted by molar-refractivity contribution is 7.90. The summed E-state index contributed by atoms with van der Waals surface area (Å²) in [4.78, 5) is 33.2. The van der Waals surface area contributed by atoms with E-state index < -0.39 is 21.5 Å². The SMILES string of the molecule is Cc1ccc(CN2CCN(C3CC4(CCN(c5ccc(C(=O)NS(=O)(=O)c6cnc(NCC7CCC(C)(O)CC7)c(N(C)[O-])c6)c(Oc6cnc7[nH]ccc7c6)c5)CC4)C3)[C@H](c3ccccc3C(C)C)C2)cc1F. The lowest BCUT2D eigenvalue weighted by molar-refractivity contribution is -0.0628. The normalized spacial score (nSPS) is 21.7. The number of piperidine rings is 1. The van der Waals surface area contributed by atoms with Crippen LogP contribution >= 0.6 is 0 Å². The minimum atomic E-state index is -4.52. The Kier molecular flexibility index (Phi) is 14.5. The number of nitrogens with zero attached hydrogens (tertiary/aromatic N) is 6. The third kappa shape index (κ3) is 11.1. The summed E-state index contributed by atoms with van der Waals surface area (Å²) in [6.45, 7) is 13.8. The minimum Gasteiger partial charge on any atom is -0.758 e. The molecule has 1 atom stereocenters. The molecule has 1 amide bonds. The summed E-state index contributed by atoms with van der Waals surface area (Å²) in [6.07, 6.45) is 11.7. The molecule has 6 aromatic rings. The Bertz CT molecular complexity index is 3100. The average Bonchev–Trinajstić information content (AvgIpc) is 3.85. The van der Waals surface area contributed by atoms with Crippen molar-refractivity contribution in [3.63, 3.8) is 0 Å². The Balaban J connectivity index is 0.832. The molecule has 0 bridgehead atoms. The second-order valence-electron chi connectivity index (χ2n) is 22.1. The number of anilines is 3. The number of pyridine rings is 2. The number of hydrogen-bond donors (Lipinski definition) is 4. The Hall–Kier alpha value is -6.11. The van der Waals surface area contributed by atoms with Crippen molar-refractivity contribution in [3.8, 4) is 11.5 Å². The minimum absolute atomic E-state index is 0.000369. The summed E-state index contributed by atoms with van der Waals surface area (Å²) in [5.41, 5.74) is 5.50. The summed E-state index contributed by atoms with van der Waals surface area (Å²) >= 11 is 0. The summed E-state index contributed by atoms with van der Waals surface area (Å²) in [5.74, 6) is 0.342.